The van der Waals surface area contributed by atoms with Crippen molar-refractivity contribution in [3.8, 4) is 0 Å². The zero-order valence-corrected chi connectivity index (χ0v) is 8.76. The van der Waals surface area contributed by atoms with Gasteiger partial charge in [-0.15, -0.1) is 0 Å². The number of sulfone groups is 1. The maximum atomic E-state index is 11.1. The minimum absolute atomic E-state index is 0.0394. The number of hydrogen-bond donors (Lipinski definition) is 1. The van der Waals surface area contributed by atoms with E-state index in [1.165, 1.54) is 12.1 Å². The molecule has 1 rings (SSSR count). The summed E-state index contributed by atoms with van der Waals surface area (Å²) in [6.07, 6.45) is 1.01. The maximum absolute atomic E-state index is 11.1. The van der Waals surface area contributed by atoms with E-state index < -0.39 is 15.8 Å². The van der Waals surface area contributed by atoms with Crippen LogP contribution in [0, 0.1) is 0 Å². The summed E-state index contributed by atoms with van der Waals surface area (Å²) in [6.45, 7) is 0. The van der Waals surface area contributed by atoms with Gasteiger partial charge >= 0.3 is 5.97 Å². The van der Waals surface area contributed by atoms with E-state index in [9.17, 15) is 13.2 Å². The minimum Gasteiger partial charge on any atom is -0.478 e. The topological polar surface area (TPSA) is 71.4 Å². The molecule has 0 fully saturated rings. The molecule has 0 heterocycles. The second-order valence-electron chi connectivity index (χ2n) is 2.72. The Bertz CT molecular complexity index is 478. The van der Waals surface area contributed by atoms with Crippen LogP contribution in [0.15, 0.2) is 23.1 Å². The van der Waals surface area contributed by atoms with Crippen LogP contribution in [-0.4, -0.2) is 25.7 Å². The van der Waals surface area contributed by atoms with Crippen LogP contribution >= 0.6 is 11.6 Å². The second-order valence-corrected chi connectivity index (χ2v) is 5.11. The first-order valence-electron chi connectivity index (χ1n) is 3.55. The van der Waals surface area contributed by atoms with Gasteiger partial charge in [0.15, 0.2) is 9.84 Å². The molecule has 0 radical (unpaired) electrons. The Kier molecular flexibility index (Phi) is 2.82. The van der Waals surface area contributed by atoms with E-state index in [1.807, 2.05) is 0 Å². The van der Waals surface area contributed by atoms with E-state index >= 15 is 0 Å². The summed E-state index contributed by atoms with van der Waals surface area (Å²) < 4.78 is 22.2. The van der Waals surface area contributed by atoms with E-state index in [4.69, 9.17) is 16.7 Å². The van der Waals surface area contributed by atoms with E-state index in [0.29, 0.717) is 0 Å². The number of hydrogen-bond acceptors (Lipinski definition) is 3. The number of carboxylic acid groups (broad SMARTS) is 1. The Hall–Kier alpha value is -1.07. The van der Waals surface area contributed by atoms with Gasteiger partial charge in [0.25, 0.3) is 0 Å². The highest BCUT2D eigenvalue weighted by molar-refractivity contribution is 7.90. The molecule has 0 unspecified atom stereocenters. The summed E-state index contributed by atoms with van der Waals surface area (Å²) in [7, 11) is -3.40. The number of aromatic carboxylic acids is 1. The smallest absolute Gasteiger partial charge is 0.335 e. The van der Waals surface area contributed by atoms with Crippen LogP contribution < -0.4 is 0 Å². The molecule has 6 heteroatoms. The molecule has 0 aliphatic rings. The molecule has 0 bridgehead atoms. The van der Waals surface area contributed by atoms with Gasteiger partial charge in [-0.05, 0) is 18.2 Å². The van der Waals surface area contributed by atoms with Gasteiger partial charge in [0.2, 0.25) is 0 Å². The molecule has 0 aliphatic heterocycles. The van der Waals surface area contributed by atoms with Crippen LogP contribution in [0.25, 0.3) is 0 Å². The lowest BCUT2D eigenvalue weighted by molar-refractivity contribution is 0.0697. The fourth-order valence-electron chi connectivity index (χ4n) is 0.935. The zero-order valence-electron chi connectivity index (χ0n) is 7.19. The Labute approximate surface area is 86.0 Å². The predicted molar refractivity (Wildman–Crippen MR) is 51.5 cm³/mol. The summed E-state index contributed by atoms with van der Waals surface area (Å²) >= 11 is 5.62. The molecule has 0 saturated heterocycles. The summed E-state index contributed by atoms with van der Waals surface area (Å²) in [5, 5.41) is 8.52. The third kappa shape index (κ3) is 2.24. The van der Waals surface area contributed by atoms with Crippen molar-refractivity contribution in [1.29, 1.82) is 0 Å². The van der Waals surface area contributed by atoms with Crippen molar-refractivity contribution in [2.24, 2.45) is 0 Å². The summed E-state index contributed by atoms with van der Waals surface area (Å²) in [4.78, 5) is 10.4. The Morgan fingerprint density at radius 2 is 2.00 bits per heavy atom. The van der Waals surface area contributed by atoms with Crippen molar-refractivity contribution in [2.75, 3.05) is 6.26 Å². The van der Waals surface area contributed by atoms with E-state index in [0.717, 1.165) is 12.3 Å². The van der Waals surface area contributed by atoms with Gasteiger partial charge in [-0.2, -0.15) is 0 Å². The normalized spacial score (nSPS) is 11.3. The molecule has 0 saturated carbocycles. The molecule has 1 aromatic rings. The van der Waals surface area contributed by atoms with Crippen molar-refractivity contribution < 1.29 is 18.3 Å². The van der Waals surface area contributed by atoms with Crippen molar-refractivity contribution in [2.45, 2.75) is 4.90 Å². The molecule has 0 amide bonds. The number of rotatable bonds is 2. The number of halogens is 1. The molecule has 4 nitrogen and oxygen atoms in total. The first-order chi connectivity index (χ1) is 6.32. The summed E-state index contributed by atoms with van der Waals surface area (Å²) in [5.74, 6) is -1.15. The lowest BCUT2D eigenvalue weighted by Gasteiger charge is -2.02. The summed E-state index contributed by atoms with van der Waals surface area (Å²) in [6, 6.07) is 3.49. The SMILES string of the molecule is CS(=O)(=O)c1ccc(C(=O)O)cc1Cl. The highest BCUT2D eigenvalue weighted by Gasteiger charge is 2.14. The summed E-state index contributed by atoms with van der Waals surface area (Å²) in [5.41, 5.74) is -0.0394. The number of benzene rings is 1. The van der Waals surface area contributed by atoms with Crippen LogP contribution in [0.2, 0.25) is 5.02 Å². The monoisotopic (exact) mass is 234 g/mol. The fraction of sp³-hybridized carbons (Fsp3) is 0.125. The lowest BCUT2D eigenvalue weighted by Crippen LogP contribution is -2.01. The van der Waals surface area contributed by atoms with Gasteiger partial charge in [-0.25, -0.2) is 13.2 Å². The van der Waals surface area contributed by atoms with Gasteiger partial charge < -0.3 is 5.11 Å². The second kappa shape index (κ2) is 3.59. The Morgan fingerprint density at radius 3 is 2.36 bits per heavy atom. The van der Waals surface area contributed by atoms with Crippen LogP contribution in [0.1, 0.15) is 10.4 Å². The molecule has 76 valence electrons. The minimum atomic E-state index is -3.40. The average molecular weight is 235 g/mol. The molecular formula is C8H7ClO4S. The van der Waals surface area contributed by atoms with Gasteiger partial charge in [-0.3, -0.25) is 0 Å². The first kappa shape index (κ1) is 11.0. The van der Waals surface area contributed by atoms with Crippen molar-refractivity contribution in [3.63, 3.8) is 0 Å². The van der Waals surface area contributed by atoms with Crippen molar-refractivity contribution in [3.05, 3.63) is 28.8 Å². The highest BCUT2D eigenvalue weighted by Crippen LogP contribution is 2.22. The van der Waals surface area contributed by atoms with Gasteiger partial charge in [0.05, 0.1) is 15.5 Å². The van der Waals surface area contributed by atoms with Crippen LogP contribution in [-0.2, 0) is 9.84 Å². The molecular weight excluding hydrogens is 228 g/mol. The first-order valence-corrected chi connectivity index (χ1v) is 5.82. The van der Waals surface area contributed by atoms with Crippen molar-refractivity contribution in [1.82, 2.24) is 0 Å². The van der Waals surface area contributed by atoms with Gasteiger partial charge in [-0.1, -0.05) is 11.6 Å². The molecule has 1 aromatic carbocycles. The fourth-order valence-corrected chi connectivity index (χ4v) is 2.26. The largest absolute Gasteiger partial charge is 0.478 e. The third-order valence-electron chi connectivity index (χ3n) is 1.58. The molecule has 0 aromatic heterocycles. The number of carboxylic acids is 1. The third-order valence-corrected chi connectivity index (χ3v) is 3.16. The molecule has 0 atom stereocenters. The van der Waals surface area contributed by atoms with E-state index in [2.05, 4.69) is 0 Å². The predicted octanol–water partition coefficient (Wildman–Crippen LogP) is 1.44. The van der Waals surface area contributed by atoms with Gasteiger partial charge in [0, 0.05) is 6.26 Å². The average Bonchev–Trinajstić information content (AvgIpc) is 2.01. The quantitative estimate of drug-likeness (QED) is 0.841. The lowest BCUT2D eigenvalue weighted by atomic mass is 10.2. The van der Waals surface area contributed by atoms with Crippen molar-refractivity contribution >= 4 is 27.4 Å². The van der Waals surface area contributed by atoms with Crippen LogP contribution in [0.4, 0.5) is 0 Å². The Balaban J connectivity index is 3.35. The number of carbonyl (C=O) groups is 1. The highest BCUT2D eigenvalue weighted by atomic mass is 35.5. The zero-order chi connectivity index (χ0) is 10.9. The molecule has 0 spiro atoms. The molecule has 14 heavy (non-hydrogen) atoms. The standard InChI is InChI=1S/C8H7ClO4S/c1-14(12,13)7-3-2-5(8(10)11)4-6(7)9/h2-4H,1H3,(H,10,11). The van der Waals surface area contributed by atoms with E-state index in [-0.39, 0.29) is 15.5 Å². The van der Waals surface area contributed by atoms with Crippen LogP contribution in [0.3, 0.4) is 0 Å². The van der Waals surface area contributed by atoms with Crippen LogP contribution in [0.5, 0.6) is 0 Å². The van der Waals surface area contributed by atoms with E-state index in [1.54, 1.807) is 0 Å². The molecule has 0 aliphatic carbocycles. The Morgan fingerprint density at radius 1 is 1.43 bits per heavy atom. The maximum Gasteiger partial charge on any atom is 0.335 e. The molecule has 1 N–H and O–H groups in total. The van der Waals surface area contributed by atoms with Gasteiger partial charge in [0.1, 0.15) is 0 Å².